The van der Waals surface area contributed by atoms with Crippen LogP contribution in [0.2, 0.25) is 0 Å². The van der Waals surface area contributed by atoms with Gasteiger partial charge in [0.05, 0.1) is 11.3 Å². The van der Waals surface area contributed by atoms with Crippen LogP contribution in [0.1, 0.15) is 30.4 Å². The van der Waals surface area contributed by atoms with Crippen LogP contribution in [0.4, 0.5) is 5.69 Å². The van der Waals surface area contributed by atoms with Crippen molar-refractivity contribution >= 4 is 5.69 Å². The highest BCUT2D eigenvalue weighted by atomic mass is 16.3. The molecule has 0 spiro atoms. The Bertz CT molecular complexity index is 479. The molecule has 1 fully saturated rings. The van der Waals surface area contributed by atoms with Crippen molar-refractivity contribution in [3.05, 3.63) is 29.3 Å². The maximum atomic E-state index is 9.37. The first-order chi connectivity index (χ1) is 9.78. The second-order valence-electron chi connectivity index (χ2n) is 5.46. The Balaban J connectivity index is 2.17. The van der Waals surface area contributed by atoms with E-state index in [0.29, 0.717) is 5.92 Å². The van der Waals surface area contributed by atoms with Crippen molar-refractivity contribution in [1.82, 2.24) is 5.32 Å². The maximum Gasteiger partial charge on any atom is 0.101 e. The molecule has 1 aliphatic heterocycles. The summed E-state index contributed by atoms with van der Waals surface area (Å²) in [6, 6.07) is 8.44. The molecular formula is C16H23N3O. The van der Waals surface area contributed by atoms with Crippen LogP contribution in [0.5, 0.6) is 0 Å². The van der Waals surface area contributed by atoms with Gasteiger partial charge in [0.25, 0.3) is 0 Å². The van der Waals surface area contributed by atoms with Crippen LogP contribution in [0.3, 0.4) is 0 Å². The van der Waals surface area contributed by atoms with Gasteiger partial charge in [0.2, 0.25) is 0 Å². The van der Waals surface area contributed by atoms with Crippen LogP contribution in [0.15, 0.2) is 18.2 Å². The number of hydrogen-bond acceptors (Lipinski definition) is 4. The fraction of sp³-hybridized carbons (Fsp3) is 0.562. The minimum atomic E-state index is 0.255. The summed E-state index contributed by atoms with van der Waals surface area (Å²) in [4.78, 5) is 2.30. The van der Waals surface area contributed by atoms with E-state index in [1.54, 1.807) is 0 Å². The Hall–Kier alpha value is -1.57. The van der Waals surface area contributed by atoms with Gasteiger partial charge < -0.3 is 15.3 Å². The molecule has 20 heavy (non-hydrogen) atoms. The van der Waals surface area contributed by atoms with Crippen molar-refractivity contribution in [2.45, 2.75) is 25.8 Å². The molecule has 0 radical (unpaired) electrons. The van der Waals surface area contributed by atoms with Crippen molar-refractivity contribution in [2.75, 3.05) is 31.6 Å². The van der Waals surface area contributed by atoms with E-state index in [1.165, 1.54) is 6.42 Å². The lowest BCUT2D eigenvalue weighted by Crippen LogP contribution is -2.36. The normalized spacial score (nSPS) is 18.9. The molecule has 0 saturated carbocycles. The lowest BCUT2D eigenvalue weighted by atomic mass is 9.94. The summed E-state index contributed by atoms with van der Waals surface area (Å²) < 4.78 is 0. The Kier molecular flexibility index (Phi) is 5.40. The minimum absolute atomic E-state index is 0.255. The number of hydrogen-bond donors (Lipinski definition) is 2. The maximum absolute atomic E-state index is 9.37. The van der Waals surface area contributed by atoms with Crippen molar-refractivity contribution in [2.24, 2.45) is 5.92 Å². The number of rotatable bonds is 5. The second kappa shape index (κ2) is 7.28. The van der Waals surface area contributed by atoms with Gasteiger partial charge in [-0.25, -0.2) is 0 Å². The van der Waals surface area contributed by atoms with E-state index < -0.39 is 0 Å². The summed E-state index contributed by atoms with van der Waals surface area (Å²) in [6.45, 7) is 2.98. The lowest BCUT2D eigenvalue weighted by Gasteiger charge is -2.34. The van der Waals surface area contributed by atoms with E-state index in [0.717, 1.165) is 49.3 Å². The molecule has 1 aromatic rings. The Morgan fingerprint density at radius 2 is 2.35 bits per heavy atom. The predicted octanol–water partition coefficient (Wildman–Crippen LogP) is 1.88. The van der Waals surface area contributed by atoms with Gasteiger partial charge in [0, 0.05) is 26.2 Å². The Morgan fingerprint density at radius 3 is 3.05 bits per heavy atom. The molecule has 2 N–H and O–H groups in total. The molecule has 4 nitrogen and oxygen atoms in total. The minimum Gasteiger partial charge on any atom is -0.396 e. The molecule has 1 atom stereocenters. The van der Waals surface area contributed by atoms with Crippen LogP contribution in [-0.4, -0.2) is 31.9 Å². The van der Waals surface area contributed by atoms with Crippen LogP contribution in [-0.2, 0) is 6.54 Å². The molecule has 1 saturated heterocycles. The lowest BCUT2D eigenvalue weighted by molar-refractivity contribution is 0.244. The first-order valence-electron chi connectivity index (χ1n) is 7.32. The van der Waals surface area contributed by atoms with Crippen LogP contribution in [0, 0.1) is 17.2 Å². The molecule has 1 heterocycles. The summed E-state index contributed by atoms with van der Waals surface area (Å²) in [6.07, 6.45) is 3.17. The van der Waals surface area contributed by atoms with E-state index in [-0.39, 0.29) is 6.61 Å². The molecular weight excluding hydrogens is 250 g/mol. The Morgan fingerprint density at radius 1 is 1.50 bits per heavy atom. The van der Waals surface area contributed by atoms with Crippen LogP contribution in [0.25, 0.3) is 0 Å². The fourth-order valence-electron chi connectivity index (χ4n) is 2.96. The summed E-state index contributed by atoms with van der Waals surface area (Å²) in [7, 11) is 1.91. The number of nitrogens with zero attached hydrogens (tertiary/aromatic N) is 2. The molecule has 1 aliphatic rings. The van der Waals surface area contributed by atoms with Crippen LogP contribution < -0.4 is 10.2 Å². The molecule has 1 unspecified atom stereocenters. The SMILES string of the molecule is CNCc1ccc(N2CCCC(CCO)C2)c(C#N)c1. The molecule has 0 bridgehead atoms. The summed E-state index contributed by atoms with van der Waals surface area (Å²) >= 11 is 0. The van der Waals surface area contributed by atoms with Gasteiger partial charge in [-0.05, 0) is 49.9 Å². The van der Waals surface area contributed by atoms with Crippen LogP contribution >= 0.6 is 0 Å². The Labute approximate surface area is 121 Å². The van der Waals surface area contributed by atoms with E-state index in [4.69, 9.17) is 5.11 Å². The molecule has 108 valence electrons. The largest absolute Gasteiger partial charge is 0.396 e. The first kappa shape index (κ1) is 14.8. The van der Waals surface area contributed by atoms with E-state index in [2.05, 4.69) is 28.4 Å². The van der Waals surface area contributed by atoms with Gasteiger partial charge in [0.1, 0.15) is 6.07 Å². The molecule has 4 heteroatoms. The van der Waals surface area contributed by atoms with E-state index in [1.807, 2.05) is 13.1 Å². The smallest absolute Gasteiger partial charge is 0.101 e. The predicted molar refractivity (Wildman–Crippen MR) is 80.6 cm³/mol. The highest BCUT2D eigenvalue weighted by Crippen LogP contribution is 2.28. The number of nitriles is 1. The van der Waals surface area contributed by atoms with E-state index >= 15 is 0 Å². The third-order valence-corrected chi connectivity index (χ3v) is 3.96. The van der Waals surface area contributed by atoms with Gasteiger partial charge in [-0.15, -0.1) is 0 Å². The van der Waals surface area contributed by atoms with Gasteiger partial charge >= 0.3 is 0 Å². The molecule has 2 rings (SSSR count). The monoisotopic (exact) mass is 273 g/mol. The third kappa shape index (κ3) is 3.50. The zero-order valence-corrected chi connectivity index (χ0v) is 12.1. The first-order valence-corrected chi connectivity index (χ1v) is 7.32. The quantitative estimate of drug-likeness (QED) is 0.860. The standard InChI is InChI=1S/C16H23N3O/c1-18-11-14-4-5-16(15(9-14)10-17)19-7-2-3-13(12-19)6-8-20/h4-5,9,13,18,20H,2-3,6-8,11-12H2,1H3. The fourth-order valence-corrected chi connectivity index (χ4v) is 2.96. The third-order valence-electron chi connectivity index (χ3n) is 3.96. The van der Waals surface area contributed by atoms with Gasteiger partial charge in [-0.2, -0.15) is 5.26 Å². The van der Waals surface area contributed by atoms with Gasteiger partial charge in [-0.3, -0.25) is 0 Å². The summed E-state index contributed by atoms with van der Waals surface area (Å²) in [5, 5.41) is 21.6. The van der Waals surface area contributed by atoms with Crippen molar-refractivity contribution in [3.63, 3.8) is 0 Å². The average molecular weight is 273 g/mol. The number of piperidine rings is 1. The molecule has 0 amide bonds. The number of anilines is 1. The zero-order valence-electron chi connectivity index (χ0n) is 12.1. The summed E-state index contributed by atoms with van der Waals surface area (Å²) in [5.74, 6) is 0.539. The number of nitrogens with one attached hydrogen (secondary N) is 1. The van der Waals surface area contributed by atoms with Crippen molar-refractivity contribution < 1.29 is 5.11 Å². The molecule has 0 aromatic heterocycles. The summed E-state index contributed by atoms with van der Waals surface area (Å²) in [5.41, 5.74) is 2.93. The van der Waals surface area contributed by atoms with Crippen molar-refractivity contribution in [3.8, 4) is 6.07 Å². The number of aliphatic hydroxyl groups is 1. The topological polar surface area (TPSA) is 59.3 Å². The average Bonchev–Trinajstić information content (AvgIpc) is 2.48. The second-order valence-corrected chi connectivity index (χ2v) is 5.46. The van der Waals surface area contributed by atoms with Gasteiger partial charge in [0.15, 0.2) is 0 Å². The molecule has 1 aromatic carbocycles. The number of benzene rings is 1. The molecule has 0 aliphatic carbocycles. The highest BCUT2D eigenvalue weighted by Gasteiger charge is 2.21. The van der Waals surface area contributed by atoms with E-state index in [9.17, 15) is 5.26 Å². The van der Waals surface area contributed by atoms with Gasteiger partial charge in [-0.1, -0.05) is 6.07 Å². The zero-order chi connectivity index (χ0) is 14.4. The highest BCUT2D eigenvalue weighted by molar-refractivity contribution is 5.60. The number of aliphatic hydroxyl groups excluding tert-OH is 1. The van der Waals surface area contributed by atoms with Crippen molar-refractivity contribution in [1.29, 1.82) is 5.26 Å².